The first kappa shape index (κ1) is 81.4. The Labute approximate surface area is 676 Å². The van der Waals surface area contributed by atoms with E-state index in [-0.39, 0.29) is 0 Å². The van der Waals surface area contributed by atoms with E-state index in [4.69, 9.17) is 0 Å². The van der Waals surface area contributed by atoms with Crippen molar-refractivity contribution in [3.63, 3.8) is 0 Å². The van der Waals surface area contributed by atoms with Gasteiger partial charge in [0.2, 0.25) is 0 Å². The molecule has 12 heteroatoms. The van der Waals surface area contributed by atoms with E-state index in [0.29, 0.717) is 47.3 Å². The van der Waals surface area contributed by atoms with E-state index in [9.17, 15) is 0 Å². The zero-order valence-corrected chi connectivity index (χ0v) is 75.9. The van der Waals surface area contributed by atoms with Gasteiger partial charge in [-0.2, -0.15) is 0 Å². The number of aryl methyl sites for hydroxylation is 4. The Morgan fingerprint density at radius 3 is 0.654 bits per heavy atom. The molecule has 12 aromatic rings. The SMILES string of the molecule is CC(C)c1ccc(-c2cc(-c3cc(-c4ccc(C(C)C)s4)sc3-c3ccc(C(C)C)s3)c(-c3ccc(C(C)C)s3)s2)s1.CCCCCc1cc(-c2cc(-c3cc(-c4cc(CCCCC)c(C(C)C)s4)sc3-c3cc(CCCCC)c(C(C)C)s3)c(-c3cc(CCCCC)c(C(C)C)s3)s2)sc1C(C)C. The number of hydrogen-bond donors (Lipinski definition) is 0. The third kappa shape index (κ3) is 19.2. The highest BCUT2D eigenvalue weighted by atomic mass is 32.1. The fourth-order valence-electron chi connectivity index (χ4n) is 14.0. The molecule has 12 heterocycles. The van der Waals surface area contributed by atoms with Crippen LogP contribution >= 0.6 is 136 Å². The molecule has 0 nitrogen and oxygen atoms in total. The number of rotatable bonds is 34. The summed E-state index contributed by atoms with van der Waals surface area (Å²) in [5.74, 6) is 4.32. The topological polar surface area (TPSA) is 0 Å². The summed E-state index contributed by atoms with van der Waals surface area (Å²) in [5, 5.41) is 0. The normalized spacial score (nSPS) is 12.2. The van der Waals surface area contributed by atoms with Crippen LogP contribution in [0.4, 0.5) is 0 Å². The molecule has 0 spiro atoms. The van der Waals surface area contributed by atoms with Gasteiger partial charge < -0.3 is 0 Å². The van der Waals surface area contributed by atoms with Gasteiger partial charge in [0.25, 0.3) is 0 Å². The smallest absolute Gasteiger partial charge is 0.0528 e. The van der Waals surface area contributed by atoms with Crippen LogP contribution in [0, 0.1) is 0 Å². The lowest BCUT2D eigenvalue weighted by molar-refractivity contribution is 0.711. The molecule has 0 atom stereocenters. The van der Waals surface area contributed by atoms with Gasteiger partial charge in [-0.3, -0.25) is 0 Å². The zero-order valence-electron chi connectivity index (χ0n) is 66.1. The Morgan fingerprint density at radius 1 is 0.202 bits per heavy atom. The second-order valence-electron chi connectivity index (χ2n) is 31.3. The summed E-state index contributed by atoms with van der Waals surface area (Å²) in [7, 11) is 0. The summed E-state index contributed by atoms with van der Waals surface area (Å²) in [6, 6.07) is 39.4. The molecule has 12 aromatic heterocycles. The number of unbranched alkanes of at least 4 members (excludes halogenated alkanes) is 8. The molecular weight excluding hydrogens is 1490 g/mol. The maximum absolute atomic E-state index is 2.63. The second-order valence-corrected chi connectivity index (χ2v) is 44.3. The maximum atomic E-state index is 2.63. The molecule has 0 fully saturated rings. The standard InChI is InChI=1S/C56H78S6.C36H38S6/c1-13-17-21-25-39-29-45(57-51(39)35(5)6)47-33-43(55(59-47)49-31-41(27-23-19-15-3)53(61-49)37(9)10)44-34-48(46-30-40(26-22-18-14-2)52(58-46)36(7)8)60-56(44)50-32-42(28-24-20-16-4)54(62-50)38(11)12;1-19(2)25-9-13-29(37-25)33-17-23(35(41-33)31-15-11-27(39-31)21(5)6)24-18-34(30-14-10-26(38-30)20(3)4)42-36(24)32-16-12-28(40-32)22(7)8/h29-38H,13-28H2,1-12H3;9-22H,1-8H3. The summed E-state index contributed by atoms with van der Waals surface area (Å²) >= 11 is 24.2. The summed E-state index contributed by atoms with van der Waals surface area (Å²) in [6.45, 7) is 46.9. The highest BCUT2D eigenvalue weighted by molar-refractivity contribution is 7.30. The van der Waals surface area contributed by atoms with Crippen LogP contribution in [-0.2, 0) is 25.7 Å². The van der Waals surface area contributed by atoms with Crippen molar-refractivity contribution >= 4 is 136 Å². The molecular formula is C92H116S12. The van der Waals surface area contributed by atoms with E-state index < -0.39 is 0 Å². The summed E-state index contributed by atoms with van der Waals surface area (Å²) in [6.07, 6.45) is 20.2. The van der Waals surface area contributed by atoms with Crippen LogP contribution in [0.2, 0.25) is 0 Å². The van der Waals surface area contributed by atoms with Gasteiger partial charge in [0.05, 0.1) is 19.5 Å². The van der Waals surface area contributed by atoms with Crippen molar-refractivity contribution in [1.82, 2.24) is 0 Å². The van der Waals surface area contributed by atoms with E-state index in [0.717, 1.165) is 0 Å². The number of hydrogen-bond acceptors (Lipinski definition) is 12. The monoisotopic (exact) mass is 1600 g/mol. The van der Waals surface area contributed by atoms with Crippen LogP contribution in [0.3, 0.4) is 0 Å². The predicted octanol–water partition coefficient (Wildman–Crippen LogP) is 36.7. The molecule has 12 rings (SSSR count). The van der Waals surface area contributed by atoms with Gasteiger partial charge >= 0.3 is 0 Å². The van der Waals surface area contributed by atoms with E-state index in [2.05, 4.69) is 304 Å². The van der Waals surface area contributed by atoms with Crippen molar-refractivity contribution in [3.05, 3.63) is 158 Å². The summed E-state index contributed by atoms with van der Waals surface area (Å²) in [4.78, 5) is 35.0. The Kier molecular flexibility index (Phi) is 29.3. The molecule has 0 aromatic carbocycles. The quantitative estimate of drug-likeness (QED) is 0.0353. The Hall–Kier alpha value is -3.60. The lowest BCUT2D eigenvalue weighted by Crippen LogP contribution is -1.90. The third-order valence-corrected chi connectivity index (χ3v) is 37.3. The molecule has 556 valence electrons. The van der Waals surface area contributed by atoms with E-state index in [1.54, 1.807) is 41.8 Å². The zero-order chi connectivity index (χ0) is 74.2. The van der Waals surface area contributed by atoms with Gasteiger partial charge in [-0.1, -0.05) is 190 Å². The van der Waals surface area contributed by atoms with Gasteiger partial charge in [0.1, 0.15) is 0 Å². The Morgan fingerprint density at radius 2 is 0.413 bits per heavy atom. The summed E-state index contributed by atoms with van der Waals surface area (Å²) in [5.41, 5.74) is 12.0. The lowest BCUT2D eigenvalue weighted by Gasteiger charge is -2.06. The van der Waals surface area contributed by atoms with Crippen molar-refractivity contribution in [3.8, 4) is 100 Å². The van der Waals surface area contributed by atoms with Crippen molar-refractivity contribution < 1.29 is 0 Å². The first-order valence-electron chi connectivity index (χ1n) is 39.5. The highest BCUT2D eigenvalue weighted by Crippen LogP contribution is 2.58. The minimum absolute atomic E-state index is 0.528. The van der Waals surface area contributed by atoms with Crippen molar-refractivity contribution in [2.24, 2.45) is 0 Å². The first-order valence-corrected chi connectivity index (χ1v) is 49.2. The minimum atomic E-state index is 0.528. The fraction of sp³-hybridized carbons (Fsp3) is 0.478. The molecule has 0 aliphatic heterocycles. The fourth-order valence-corrected chi connectivity index (χ4v) is 28.4. The van der Waals surface area contributed by atoms with E-state index >= 15 is 0 Å². The molecule has 0 radical (unpaired) electrons. The predicted molar refractivity (Wildman–Crippen MR) is 487 cm³/mol. The highest BCUT2D eigenvalue weighted by Gasteiger charge is 2.29. The van der Waals surface area contributed by atoms with Gasteiger partial charge in [-0.05, 0) is 218 Å². The van der Waals surface area contributed by atoms with Crippen molar-refractivity contribution in [2.45, 2.75) is 289 Å². The summed E-state index contributed by atoms with van der Waals surface area (Å²) < 4.78 is 0. The molecule has 0 bridgehead atoms. The van der Waals surface area contributed by atoms with Crippen LogP contribution in [0.1, 0.15) is 324 Å². The Balaban J connectivity index is 0.000000224. The third-order valence-electron chi connectivity index (χ3n) is 19.8. The molecule has 104 heavy (non-hydrogen) atoms. The van der Waals surface area contributed by atoms with Crippen LogP contribution in [0.15, 0.2) is 97.1 Å². The van der Waals surface area contributed by atoms with Gasteiger partial charge in [-0.15, -0.1) is 136 Å². The first-order chi connectivity index (χ1) is 50.0. The number of thiophene rings is 12. The van der Waals surface area contributed by atoms with Crippen LogP contribution in [0.25, 0.3) is 100 Å². The van der Waals surface area contributed by atoms with E-state index in [1.165, 1.54) is 223 Å². The molecule has 0 saturated carbocycles. The van der Waals surface area contributed by atoms with Gasteiger partial charge in [0, 0.05) is 120 Å². The average molecular weight is 1610 g/mol. The minimum Gasteiger partial charge on any atom is -0.139 e. The van der Waals surface area contributed by atoms with Crippen molar-refractivity contribution in [2.75, 3.05) is 0 Å². The molecule has 0 aliphatic rings. The van der Waals surface area contributed by atoms with E-state index in [1.807, 2.05) is 68.0 Å². The molecule has 0 amide bonds. The van der Waals surface area contributed by atoms with Crippen molar-refractivity contribution in [1.29, 1.82) is 0 Å². The molecule has 0 saturated heterocycles. The van der Waals surface area contributed by atoms with Gasteiger partial charge in [-0.25, -0.2) is 0 Å². The molecule has 0 unspecified atom stereocenters. The maximum Gasteiger partial charge on any atom is 0.0528 e. The molecule has 0 aliphatic carbocycles. The lowest BCUT2D eigenvalue weighted by atomic mass is 10.00. The van der Waals surface area contributed by atoms with Gasteiger partial charge in [0.15, 0.2) is 0 Å². The largest absolute Gasteiger partial charge is 0.139 e. The Bertz CT molecular complexity index is 4370. The van der Waals surface area contributed by atoms with Crippen LogP contribution in [0.5, 0.6) is 0 Å². The van der Waals surface area contributed by atoms with Crippen LogP contribution in [-0.4, -0.2) is 0 Å². The second kappa shape index (κ2) is 37.4. The van der Waals surface area contributed by atoms with Crippen LogP contribution < -0.4 is 0 Å². The molecule has 0 N–H and O–H groups in total. The average Bonchev–Trinajstić information content (AvgIpc) is 1.59.